The van der Waals surface area contributed by atoms with E-state index in [-0.39, 0.29) is 31.5 Å². The summed E-state index contributed by atoms with van der Waals surface area (Å²) in [5.74, 6) is -0.584. The molecule has 1 saturated heterocycles. The average molecular weight is 367 g/mol. The first-order chi connectivity index (χ1) is 11.5. The van der Waals surface area contributed by atoms with Gasteiger partial charge in [0.25, 0.3) is 0 Å². The minimum atomic E-state index is -4.89. The molecule has 1 aromatic carbocycles. The molecule has 0 atom stereocenters. The number of halogens is 6. The summed E-state index contributed by atoms with van der Waals surface area (Å²) in [6.45, 7) is 2.08. The second-order valence-electron chi connectivity index (χ2n) is 5.49. The van der Waals surface area contributed by atoms with Gasteiger partial charge in [0.2, 0.25) is 0 Å². The third-order valence-electron chi connectivity index (χ3n) is 3.64. The number of carbonyl (C=O) groups is 1. The molecule has 9 heteroatoms. The Morgan fingerprint density at radius 2 is 1.68 bits per heavy atom. The van der Waals surface area contributed by atoms with Gasteiger partial charge in [0.15, 0.2) is 0 Å². The number of hydrogen-bond acceptors (Lipinski definition) is 3. The molecule has 0 amide bonds. The van der Waals surface area contributed by atoms with Crippen molar-refractivity contribution in [1.29, 1.82) is 0 Å². The molecule has 0 unspecified atom stereocenters. The maximum atomic E-state index is 12.9. The zero-order valence-electron chi connectivity index (χ0n) is 13.2. The second-order valence-corrected chi connectivity index (χ2v) is 5.49. The van der Waals surface area contributed by atoms with E-state index in [1.807, 2.05) is 0 Å². The zero-order valence-corrected chi connectivity index (χ0v) is 13.2. The molecule has 138 valence electrons. The summed E-state index contributed by atoms with van der Waals surface area (Å²) in [4.78, 5) is 12.8. The first kappa shape index (κ1) is 19.1. The minimum absolute atomic E-state index is 0.0669. The Kier molecular flexibility index (Phi) is 5.34. The van der Waals surface area contributed by atoms with Crippen LogP contribution >= 0.6 is 0 Å². The van der Waals surface area contributed by atoms with Gasteiger partial charge in [0, 0.05) is 24.9 Å². The number of nitrogens with zero attached hydrogens (tertiary/aromatic N) is 1. The second kappa shape index (κ2) is 6.97. The first-order valence-electron chi connectivity index (χ1n) is 7.41. The molecule has 0 radical (unpaired) electrons. The van der Waals surface area contributed by atoms with Crippen molar-refractivity contribution in [2.75, 3.05) is 24.6 Å². The molecular weight excluding hydrogens is 352 g/mol. The lowest BCUT2D eigenvalue weighted by molar-refractivity contribution is -0.143. The molecular formula is C16H15F6NO2. The Morgan fingerprint density at radius 1 is 1.12 bits per heavy atom. The van der Waals surface area contributed by atoms with Crippen LogP contribution in [-0.4, -0.2) is 25.7 Å². The topological polar surface area (TPSA) is 29.5 Å². The molecule has 25 heavy (non-hydrogen) atoms. The van der Waals surface area contributed by atoms with Crippen molar-refractivity contribution >= 4 is 11.7 Å². The van der Waals surface area contributed by atoms with Crippen LogP contribution in [0.3, 0.4) is 0 Å². The van der Waals surface area contributed by atoms with Crippen LogP contribution in [0.2, 0.25) is 0 Å². The number of anilines is 1. The predicted molar refractivity (Wildman–Crippen MR) is 78.0 cm³/mol. The van der Waals surface area contributed by atoms with Crippen LogP contribution in [0.1, 0.15) is 24.5 Å². The Bertz CT molecular complexity index is 646. The third kappa shape index (κ3) is 4.90. The number of esters is 1. The van der Waals surface area contributed by atoms with Crippen molar-refractivity contribution in [2.45, 2.75) is 25.7 Å². The highest BCUT2D eigenvalue weighted by Gasteiger charge is 2.37. The number of carbonyl (C=O) groups excluding carboxylic acids is 1. The van der Waals surface area contributed by atoms with Crippen molar-refractivity contribution in [2.24, 2.45) is 0 Å². The van der Waals surface area contributed by atoms with Crippen LogP contribution in [0.15, 0.2) is 29.8 Å². The molecule has 0 aromatic heterocycles. The van der Waals surface area contributed by atoms with Crippen molar-refractivity contribution in [3.63, 3.8) is 0 Å². The van der Waals surface area contributed by atoms with E-state index in [0.29, 0.717) is 24.1 Å². The Hall–Kier alpha value is -2.19. The molecule has 1 aromatic rings. The summed E-state index contributed by atoms with van der Waals surface area (Å²) < 4.78 is 82.1. The largest absolute Gasteiger partial charge is 0.463 e. The van der Waals surface area contributed by atoms with Gasteiger partial charge in [-0.1, -0.05) is 0 Å². The number of alkyl halides is 6. The summed E-state index contributed by atoms with van der Waals surface area (Å²) in [7, 11) is 0. The van der Waals surface area contributed by atoms with Gasteiger partial charge in [-0.3, -0.25) is 0 Å². The molecule has 2 rings (SSSR count). The predicted octanol–water partition coefficient (Wildman–Crippen LogP) is 4.42. The van der Waals surface area contributed by atoms with E-state index in [1.165, 1.54) is 11.0 Å². The van der Waals surface area contributed by atoms with Gasteiger partial charge in [-0.15, -0.1) is 0 Å². The SMILES string of the molecule is CCOC(=O)C=C1CCN(c2cc(C(F)(F)F)cc(C(F)(F)F)c2)C1. The van der Waals surface area contributed by atoms with Gasteiger partial charge in [0.1, 0.15) is 0 Å². The number of hydrogen-bond donors (Lipinski definition) is 0. The quantitative estimate of drug-likeness (QED) is 0.450. The van der Waals surface area contributed by atoms with Crippen LogP contribution in [0.5, 0.6) is 0 Å². The van der Waals surface area contributed by atoms with Crippen LogP contribution in [0.25, 0.3) is 0 Å². The lowest BCUT2D eigenvalue weighted by Crippen LogP contribution is -2.20. The van der Waals surface area contributed by atoms with E-state index in [4.69, 9.17) is 4.74 Å². The highest BCUT2D eigenvalue weighted by Crippen LogP contribution is 2.39. The number of ether oxygens (including phenoxy) is 1. The fraction of sp³-hybridized carbons (Fsp3) is 0.438. The zero-order chi connectivity index (χ0) is 18.8. The van der Waals surface area contributed by atoms with Gasteiger partial charge in [0.05, 0.1) is 17.7 Å². The highest BCUT2D eigenvalue weighted by molar-refractivity contribution is 5.83. The van der Waals surface area contributed by atoms with E-state index in [9.17, 15) is 31.1 Å². The normalized spacial score (nSPS) is 17.2. The minimum Gasteiger partial charge on any atom is -0.463 e. The molecule has 1 fully saturated rings. The molecule has 0 spiro atoms. The van der Waals surface area contributed by atoms with Crippen molar-refractivity contribution < 1.29 is 35.9 Å². The van der Waals surface area contributed by atoms with Crippen molar-refractivity contribution in [3.05, 3.63) is 41.0 Å². The first-order valence-corrected chi connectivity index (χ1v) is 7.41. The number of benzene rings is 1. The monoisotopic (exact) mass is 367 g/mol. The number of rotatable bonds is 3. The van der Waals surface area contributed by atoms with E-state index >= 15 is 0 Å². The van der Waals surface area contributed by atoms with Gasteiger partial charge >= 0.3 is 18.3 Å². The molecule has 0 saturated carbocycles. The maximum Gasteiger partial charge on any atom is 0.416 e. The Morgan fingerprint density at radius 3 is 2.16 bits per heavy atom. The van der Waals surface area contributed by atoms with Crippen LogP contribution in [0, 0.1) is 0 Å². The van der Waals surface area contributed by atoms with E-state index in [1.54, 1.807) is 6.92 Å². The molecule has 3 nitrogen and oxygen atoms in total. The summed E-state index contributed by atoms with van der Waals surface area (Å²) in [6.07, 6.45) is -8.20. The smallest absolute Gasteiger partial charge is 0.416 e. The summed E-state index contributed by atoms with van der Waals surface area (Å²) in [5.41, 5.74) is -2.32. The highest BCUT2D eigenvalue weighted by atomic mass is 19.4. The van der Waals surface area contributed by atoms with Crippen molar-refractivity contribution in [3.8, 4) is 0 Å². The van der Waals surface area contributed by atoms with Crippen LogP contribution in [0.4, 0.5) is 32.0 Å². The fourth-order valence-electron chi connectivity index (χ4n) is 2.49. The van der Waals surface area contributed by atoms with Gasteiger partial charge in [-0.25, -0.2) is 4.79 Å². The summed E-state index contributed by atoms with van der Waals surface area (Å²) in [5, 5.41) is 0. The molecule has 0 aliphatic carbocycles. The fourth-order valence-corrected chi connectivity index (χ4v) is 2.49. The maximum absolute atomic E-state index is 12.9. The van der Waals surface area contributed by atoms with E-state index < -0.39 is 29.4 Å². The third-order valence-corrected chi connectivity index (χ3v) is 3.64. The van der Waals surface area contributed by atoms with Crippen molar-refractivity contribution in [1.82, 2.24) is 0 Å². The summed E-state index contributed by atoms with van der Waals surface area (Å²) >= 11 is 0. The molecule has 1 heterocycles. The van der Waals surface area contributed by atoms with Crippen LogP contribution < -0.4 is 4.90 Å². The van der Waals surface area contributed by atoms with E-state index in [2.05, 4.69) is 0 Å². The molecule has 1 aliphatic rings. The van der Waals surface area contributed by atoms with E-state index in [0.717, 1.165) is 0 Å². The lowest BCUT2D eigenvalue weighted by atomic mass is 10.1. The molecule has 0 N–H and O–H groups in total. The van der Waals surface area contributed by atoms with Crippen LogP contribution in [-0.2, 0) is 21.9 Å². The average Bonchev–Trinajstić information content (AvgIpc) is 2.93. The summed E-state index contributed by atoms with van der Waals surface area (Å²) in [6, 6.07) is 1.46. The lowest BCUT2D eigenvalue weighted by Gasteiger charge is -2.21. The molecule has 1 aliphatic heterocycles. The van der Waals surface area contributed by atoms with Gasteiger partial charge in [-0.05, 0) is 37.1 Å². The Balaban J connectivity index is 2.32. The van der Waals surface area contributed by atoms with Gasteiger partial charge < -0.3 is 9.64 Å². The van der Waals surface area contributed by atoms with Gasteiger partial charge in [-0.2, -0.15) is 26.3 Å². The molecule has 0 bridgehead atoms. The Labute approximate surface area is 139 Å². The standard InChI is InChI=1S/C16H15F6NO2/c1-2-25-14(24)5-10-3-4-23(9-10)13-7-11(15(17,18)19)6-12(8-13)16(20,21)22/h5-8H,2-4,9H2,1H3.